The minimum Gasteiger partial charge on any atom is -0.453 e. The number of methoxy groups -OCH3 is 2. The number of amides is 4. The number of likely N-dealkylation sites (tertiary alicyclic amines) is 2. The molecule has 0 radical (unpaired) electrons. The number of hydrogen-bond donors (Lipinski definition) is 4. The zero-order valence-corrected chi connectivity index (χ0v) is 34.7. The SMILES string of the molecule is COC(=O)N[C@H](C(=O)N1CCC[C@H]1c1ncc(-c2ccc3cc(-c4ccc(-c5cnc([C@@H]6CCCN6C(=O)[C@@H](NC(=O)OC)C(C)C)[nH]5)cc4)ccc3c2)[nH]1)c1ccccc1. The van der Waals surface area contributed by atoms with Gasteiger partial charge in [-0.2, -0.15) is 0 Å². The second-order valence-electron chi connectivity index (χ2n) is 15.9. The van der Waals surface area contributed by atoms with Crippen LogP contribution in [0.4, 0.5) is 9.59 Å². The Balaban J connectivity index is 0.943. The van der Waals surface area contributed by atoms with Crippen molar-refractivity contribution in [3.05, 3.63) is 121 Å². The van der Waals surface area contributed by atoms with Crippen LogP contribution in [0, 0.1) is 5.92 Å². The Morgan fingerprint density at radius 2 is 1.15 bits per heavy atom. The summed E-state index contributed by atoms with van der Waals surface area (Å²) in [5, 5.41) is 7.60. The smallest absolute Gasteiger partial charge is 0.407 e. The molecule has 4 heterocycles. The highest BCUT2D eigenvalue weighted by atomic mass is 16.5. The molecule has 14 heteroatoms. The third-order valence-electron chi connectivity index (χ3n) is 11.8. The van der Waals surface area contributed by atoms with E-state index in [0.29, 0.717) is 24.5 Å². The standard InChI is InChI=1S/C47H50N8O6/c1-28(2)40(52-46(58)60-3)44(56)54-22-8-12-38(54)42-48-26-36(50-42)30-16-14-29(15-17-30)32-18-19-34-25-35(21-20-33(34)24-32)37-27-49-43(51-37)39-13-9-23-55(39)45(57)41(53-47(59)61-4)31-10-6-5-7-11-31/h5-7,10-11,14-21,24-28,38-41H,8-9,12-13,22-23H2,1-4H3,(H,48,50)(H,49,51)(H,52,58)(H,53,59)/t38-,39-,40-,41-/m0/s1. The van der Waals surface area contributed by atoms with E-state index in [2.05, 4.69) is 81.3 Å². The van der Waals surface area contributed by atoms with Crippen molar-refractivity contribution in [3.63, 3.8) is 0 Å². The molecule has 0 aliphatic carbocycles. The Bertz CT molecular complexity index is 2530. The minimum atomic E-state index is -0.881. The van der Waals surface area contributed by atoms with E-state index in [1.54, 1.807) is 4.90 Å². The van der Waals surface area contributed by atoms with Crippen molar-refractivity contribution in [2.45, 2.75) is 63.7 Å². The average molecular weight is 823 g/mol. The number of alkyl carbamates (subject to hydrolysis) is 2. The highest BCUT2D eigenvalue weighted by Gasteiger charge is 2.39. The number of benzene rings is 4. The van der Waals surface area contributed by atoms with Gasteiger partial charge in [0.1, 0.15) is 23.7 Å². The van der Waals surface area contributed by atoms with E-state index in [4.69, 9.17) is 19.4 Å². The second kappa shape index (κ2) is 17.7. The van der Waals surface area contributed by atoms with Gasteiger partial charge in [0.25, 0.3) is 5.91 Å². The summed E-state index contributed by atoms with van der Waals surface area (Å²) in [4.78, 5) is 71.7. The molecule has 14 nitrogen and oxygen atoms in total. The largest absolute Gasteiger partial charge is 0.453 e. The molecular weight excluding hydrogens is 773 g/mol. The lowest BCUT2D eigenvalue weighted by Gasteiger charge is -2.30. The Morgan fingerprint density at radius 3 is 1.74 bits per heavy atom. The molecule has 2 saturated heterocycles. The monoisotopic (exact) mass is 822 g/mol. The number of aromatic nitrogens is 4. The van der Waals surface area contributed by atoms with Crippen LogP contribution in [0.5, 0.6) is 0 Å². The molecule has 2 aliphatic heterocycles. The molecule has 2 fully saturated rings. The van der Waals surface area contributed by atoms with Crippen LogP contribution in [0.15, 0.2) is 103 Å². The van der Waals surface area contributed by atoms with Gasteiger partial charge in [-0.05, 0) is 76.8 Å². The average Bonchev–Trinajstić information content (AvgIpc) is 4.14. The van der Waals surface area contributed by atoms with Crippen molar-refractivity contribution < 1.29 is 28.7 Å². The Labute approximate surface area is 354 Å². The molecule has 4 aromatic carbocycles. The molecule has 61 heavy (non-hydrogen) atoms. The van der Waals surface area contributed by atoms with Crippen LogP contribution >= 0.6 is 0 Å². The summed E-state index contributed by atoms with van der Waals surface area (Å²) >= 11 is 0. The van der Waals surface area contributed by atoms with Crippen LogP contribution in [0.2, 0.25) is 0 Å². The fraction of sp³-hybridized carbons (Fsp3) is 0.319. The third-order valence-corrected chi connectivity index (χ3v) is 11.8. The molecule has 2 aromatic heterocycles. The van der Waals surface area contributed by atoms with Gasteiger partial charge in [0.05, 0.1) is 50.1 Å². The van der Waals surface area contributed by atoms with Crippen LogP contribution in [0.3, 0.4) is 0 Å². The number of nitrogens with one attached hydrogen (secondary N) is 4. The number of carbonyl (C=O) groups excluding carboxylic acids is 4. The first kappa shape index (κ1) is 40.8. The lowest BCUT2D eigenvalue weighted by Crippen LogP contribution is -2.51. The first-order chi connectivity index (χ1) is 29.6. The van der Waals surface area contributed by atoms with Crippen molar-refractivity contribution in [1.29, 1.82) is 0 Å². The molecule has 0 unspecified atom stereocenters. The van der Waals surface area contributed by atoms with E-state index in [0.717, 1.165) is 75.9 Å². The fourth-order valence-electron chi connectivity index (χ4n) is 8.52. The zero-order chi connectivity index (χ0) is 42.6. The van der Waals surface area contributed by atoms with Crippen molar-refractivity contribution in [3.8, 4) is 33.6 Å². The van der Waals surface area contributed by atoms with Crippen molar-refractivity contribution >= 4 is 34.8 Å². The Kier molecular flexibility index (Phi) is 11.9. The minimum absolute atomic E-state index is 0.107. The second-order valence-corrected chi connectivity index (χ2v) is 15.9. The van der Waals surface area contributed by atoms with Crippen molar-refractivity contribution in [2.24, 2.45) is 5.92 Å². The van der Waals surface area contributed by atoms with Gasteiger partial charge < -0.3 is 39.9 Å². The van der Waals surface area contributed by atoms with Crippen LogP contribution in [0.1, 0.15) is 74.9 Å². The maximum Gasteiger partial charge on any atom is 0.407 e. The number of carbonyl (C=O) groups is 4. The van der Waals surface area contributed by atoms with Crippen LogP contribution in [0.25, 0.3) is 44.4 Å². The molecule has 0 saturated carbocycles. The number of rotatable bonds is 11. The van der Waals surface area contributed by atoms with Gasteiger partial charge in [-0.25, -0.2) is 19.6 Å². The molecule has 4 N–H and O–H groups in total. The molecule has 0 bridgehead atoms. The number of hydrogen-bond acceptors (Lipinski definition) is 8. The normalized spacial score (nSPS) is 17.3. The van der Waals surface area contributed by atoms with Gasteiger partial charge in [0.2, 0.25) is 5.91 Å². The maximum atomic E-state index is 13.9. The number of imidazole rings is 2. The van der Waals surface area contributed by atoms with E-state index >= 15 is 0 Å². The predicted octanol–water partition coefficient (Wildman–Crippen LogP) is 8.09. The summed E-state index contributed by atoms with van der Waals surface area (Å²) in [5.74, 6) is 0.973. The quantitative estimate of drug-likeness (QED) is 0.101. The Hall–Kier alpha value is -6.96. The summed E-state index contributed by atoms with van der Waals surface area (Å²) in [6.07, 6.45) is 5.53. The molecule has 314 valence electrons. The van der Waals surface area contributed by atoms with Crippen molar-refractivity contribution in [1.82, 2.24) is 40.4 Å². The molecule has 0 spiro atoms. The molecular formula is C47H50N8O6. The van der Waals surface area contributed by atoms with Gasteiger partial charge in [-0.15, -0.1) is 0 Å². The van der Waals surface area contributed by atoms with Crippen LogP contribution in [-0.2, 0) is 19.1 Å². The first-order valence-corrected chi connectivity index (χ1v) is 20.7. The van der Waals surface area contributed by atoms with Gasteiger partial charge in [0, 0.05) is 18.7 Å². The molecule has 4 amide bonds. The molecule has 4 atom stereocenters. The van der Waals surface area contributed by atoms with Crippen LogP contribution < -0.4 is 10.6 Å². The molecule has 8 rings (SSSR count). The van der Waals surface area contributed by atoms with Crippen LogP contribution in [-0.4, -0.2) is 87.1 Å². The van der Waals surface area contributed by atoms with E-state index < -0.39 is 24.3 Å². The van der Waals surface area contributed by atoms with Gasteiger partial charge in [-0.1, -0.05) is 92.7 Å². The van der Waals surface area contributed by atoms with Gasteiger partial charge in [0.15, 0.2) is 0 Å². The van der Waals surface area contributed by atoms with Crippen molar-refractivity contribution in [2.75, 3.05) is 27.3 Å². The number of nitrogens with zero attached hydrogens (tertiary/aromatic N) is 4. The third kappa shape index (κ3) is 8.56. The molecule has 6 aromatic rings. The topological polar surface area (TPSA) is 175 Å². The number of aromatic amines is 2. The highest BCUT2D eigenvalue weighted by molar-refractivity contribution is 5.91. The number of H-pyrrole nitrogens is 2. The first-order valence-electron chi connectivity index (χ1n) is 20.7. The van der Waals surface area contributed by atoms with Gasteiger partial charge in [-0.3, -0.25) is 9.59 Å². The molecule has 2 aliphatic rings. The van der Waals surface area contributed by atoms with E-state index in [9.17, 15) is 19.2 Å². The lowest BCUT2D eigenvalue weighted by atomic mass is 9.98. The summed E-state index contributed by atoms with van der Waals surface area (Å²) in [6, 6.07) is 28.2. The summed E-state index contributed by atoms with van der Waals surface area (Å²) < 4.78 is 9.60. The fourth-order valence-corrected chi connectivity index (χ4v) is 8.52. The summed E-state index contributed by atoms with van der Waals surface area (Å²) in [6.45, 7) is 4.95. The summed E-state index contributed by atoms with van der Waals surface area (Å²) in [7, 11) is 2.57. The lowest BCUT2D eigenvalue weighted by molar-refractivity contribution is -0.135. The number of ether oxygens (including phenoxy) is 2. The Morgan fingerprint density at radius 1 is 0.639 bits per heavy atom. The van der Waals surface area contributed by atoms with E-state index in [1.165, 1.54) is 14.2 Å². The van der Waals surface area contributed by atoms with E-state index in [1.807, 2.05) is 61.5 Å². The zero-order valence-electron chi connectivity index (χ0n) is 34.7. The van der Waals surface area contributed by atoms with E-state index in [-0.39, 0.29) is 29.8 Å². The van der Waals surface area contributed by atoms with Gasteiger partial charge >= 0.3 is 12.2 Å². The summed E-state index contributed by atoms with van der Waals surface area (Å²) in [5.41, 5.74) is 6.52. The number of fused-ring (bicyclic) bond motifs is 1. The maximum absolute atomic E-state index is 13.9. The predicted molar refractivity (Wildman–Crippen MR) is 231 cm³/mol. The highest BCUT2D eigenvalue weighted by Crippen LogP contribution is 2.36.